The van der Waals surface area contributed by atoms with E-state index in [0.717, 1.165) is 16.8 Å². The first kappa shape index (κ1) is 19.7. The van der Waals surface area contributed by atoms with Crippen LogP contribution in [0.5, 0.6) is 0 Å². The lowest BCUT2D eigenvalue weighted by Crippen LogP contribution is -2.23. The summed E-state index contributed by atoms with van der Waals surface area (Å²) in [5.41, 5.74) is 2.81. The first-order chi connectivity index (χ1) is 16.2. The molecule has 0 amide bonds. The topological polar surface area (TPSA) is 78.2 Å². The first-order valence-corrected chi connectivity index (χ1v) is 11.2. The zero-order valence-corrected chi connectivity index (χ0v) is 18.5. The van der Waals surface area contributed by atoms with E-state index in [1.54, 1.807) is 35.2 Å². The normalized spacial score (nSPS) is 12.1. The van der Waals surface area contributed by atoms with E-state index in [4.69, 9.17) is 21.1 Å². The summed E-state index contributed by atoms with van der Waals surface area (Å²) in [7, 11) is 0. The molecule has 6 aromatic rings. The molecule has 0 aliphatic rings. The van der Waals surface area contributed by atoms with E-state index in [-0.39, 0.29) is 5.56 Å². The smallest absolute Gasteiger partial charge is 0.291 e. The fraction of sp³-hybridized carbons (Fsp3) is 0. The van der Waals surface area contributed by atoms with Crippen molar-refractivity contribution >= 4 is 34.0 Å². The molecule has 4 aromatic heterocycles. The van der Waals surface area contributed by atoms with E-state index in [1.165, 1.54) is 15.9 Å². The number of fused-ring (bicyclic) bond motifs is 1. The van der Waals surface area contributed by atoms with Crippen LogP contribution in [0, 0.1) is 0 Å². The standard InChI is InChI=1S/C24H14ClN5O2S/c25-17-7-4-6-15(12-17)22-26-24-30(28-22)23(31)20(33-24)13-16-14-29(18-8-2-1-3-9-18)27-21(16)19-10-5-11-32-19/h1-14H. The van der Waals surface area contributed by atoms with E-state index < -0.39 is 0 Å². The van der Waals surface area contributed by atoms with Gasteiger partial charge in [-0.25, -0.2) is 4.68 Å². The highest BCUT2D eigenvalue weighted by atomic mass is 35.5. The van der Waals surface area contributed by atoms with Gasteiger partial charge in [-0.2, -0.15) is 14.6 Å². The average molecular weight is 472 g/mol. The Bertz CT molecular complexity index is 1700. The van der Waals surface area contributed by atoms with Crippen LogP contribution in [-0.4, -0.2) is 24.4 Å². The highest BCUT2D eigenvalue weighted by Gasteiger charge is 2.16. The lowest BCUT2D eigenvalue weighted by Gasteiger charge is -1.98. The van der Waals surface area contributed by atoms with Crippen molar-refractivity contribution in [1.29, 1.82) is 0 Å². The molecule has 0 bridgehead atoms. The van der Waals surface area contributed by atoms with Crippen LogP contribution < -0.4 is 10.1 Å². The van der Waals surface area contributed by atoms with Gasteiger partial charge in [0.15, 0.2) is 11.6 Å². The number of hydrogen-bond donors (Lipinski definition) is 0. The van der Waals surface area contributed by atoms with Gasteiger partial charge in [0.05, 0.1) is 16.5 Å². The molecule has 0 atom stereocenters. The minimum Gasteiger partial charge on any atom is -0.463 e. The monoisotopic (exact) mass is 471 g/mol. The minimum atomic E-state index is -0.242. The van der Waals surface area contributed by atoms with Crippen molar-refractivity contribution < 1.29 is 4.42 Å². The molecule has 0 aliphatic heterocycles. The molecule has 0 spiro atoms. The predicted octanol–water partition coefficient (Wildman–Crippen LogP) is 4.46. The number of rotatable bonds is 4. The lowest BCUT2D eigenvalue weighted by atomic mass is 10.2. The molecule has 0 saturated heterocycles. The van der Waals surface area contributed by atoms with Crippen LogP contribution in [0.3, 0.4) is 0 Å². The van der Waals surface area contributed by atoms with Crippen LogP contribution in [0.4, 0.5) is 0 Å². The van der Waals surface area contributed by atoms with Crippen LogP contribution in [0.2, 0.25) is 5.02 Å². The van der Waals surface area contributed by atoms with Gasteiger partial charge in [0, 0.05) is 22.3 Å². The highest BCUT2D eigenvalue weighted by molar-refractivity contribution is 7.15. The van der Waals surface area contributed by atoms with Gasteiger partial charge < -0.3 is 4.42 Å². The molecular weight excluding hydrogens is 458 g/mol. The van der Waals surface area contributed by atoms with E-state index in [1.807, 2.05) is 54.7 Å². The number of aromatic nitrogens is 5. The second-order valence-corrected chi connectivity index (χ2v) is 8.69. The van der Waals surface area contributed by atoms with Gasteiger partial charge in [0.1, 0.15) is 5.69 Å². The summed E-state index contributed by atoms with van der Waals surface area (Å²) in [6.07, 6.45) is 5.27. The van der Waals surface area contributed by atoms with Crippen LogP contribution in [0.25, 0.3) is 39.6 Å². The Morgan fingerprint density at radius 1 is 1.00 bits per heavy atom. The summed E-state index contributed by atoms with van der Waals surface area (Å²) in [5, 5.41) is 9.68. The molecule has 0 aliphatic carbocycles. The van der Waals surface area contributed by atoms with Crippen molar-refractivity contribution in [2.75, 3.05) is 0 Å². The van der Waals surface area contributed by atoms with Crippen molar-refractivity contribution in [1.82, 2.24) is 24.4 Å². The van der Waals surface area contributed by atoms with Crippen LogP contribution in [0.15, 0.2) is 88.4 Å². The number of thiazole rings is 1. The number of para-hydroxylation sites is 1. The Morgan fingerprint density at radius 2 is 1.88 bits per heavy atom. The number of nitrogens with zero attached hydrogens (tertiary/aromatic N) is 5. The summed E-state index contributed by atoms with van der Waals surface area (Å²) >= 11 is 7.35. The number of halogens is 1. The third-order valence-corrected chi connectivity index (χ3v) is 6.26. The van der Waals surface area contributed by atoms with E-state index >= 15 is 0 Å². The minimum absolute atomic E-state index is 0.242. The third kappa shape index (κ3) is 3.55. The fourth-order valence-electron chi connectivity index (χ4n) is 3.54. The number of benzene rings is 2. The molecule has 2 aromatic carbocycles. The van der Waals surface area contributed by atoms with Crippen molar-refractivity contribution in [3.05, 3.63) is 105 Å². The molecule has 6 rings (SSSR count). The molecule has 9 heteroatoms. The maximum absolute atomic E-state index is 13.1. The quantitative estimate of drug-likeness (QED) is 0.379. The molecule has 0 radical (unpaired) electrons. The molecular formula is C24H14ClN5O2S. The maximum atomic E-state index is 13.1. The van der Waals surface area contributed by atoms with Crippen LogP contribution in [0.1, 0.15) is 5.56 Å². The predicted molar refractivity (Wildman–Crippen MR) is 128 cm³/mol. The molecule has 7 nitrogen and oxygen atoms in total. The zero-order chi connectivity index (χ0) is 22.4. The Balaban J connectivity index is 1.48. The van der Waals surface area contributed by atoms with E-state index in [9.17, 15) is 4.79 Å². The van der Waals surface area contributed by atoms with Gasteiger partial charge in [-0.05, 0) is 42.5 Å². The van der Waals surface area contributed by atoms with Crippen LogP contribution in [-0.2, 0) is 0 Å². The molecule has 160 valence electrons. The maximum Gasteiger partial charge on any atom is 0.291 e. The average Bonchev–Trinajstić information content (AvgIpc) is 3.61. The van der Waals surface area contributed by atoms with Crippen molar-refractivity contribution in [2.24, 2.45) is 0 Å². The largest absolute Gasteiger partial charge is 0.463 e. The summed E-state index contributed by atoms with van der Waals surface area (Å²) in [6.45, 7) is 0. The van der Waals surface area contributed by atoms with Crippen molar-refractivity contribution in [3.8, 4) is 28.5 Å². The second kappa shape index (κ2) is 7.84. The highest BCUT2D eigenvalue weighted by Crippen LogP contribution is 2.25. The molecule has 4 heterocycles. The molecule has 0 saturated carbocycles. The molecule has 0 N–H and O–H groups in total. The lowest BCUT2D eigenvalue weighted by molar-refractivity contribution is 0.579. The van der Waals surface area contributed by atoms with Crippen molar-refractivity contribution in [2.45, 2.75) is 0 Å². The fourth-order valence-corrected chi connectivity index (χ4v) is 4.62. The van der Waals surface area contributed by atoms with E-state index in [2.05, 4.69) is 10.1 Å². The van der Waals surface area contributed by atoms with Gasteiger partial charge in [0.2, 0.25) is 4.96 Å². The SMILES string of the molecule is O=c1c(=Cc2cn(-c3ccccc3)nc2-c2ccco2)sc2nc(-c3cccc(Cl)c3)nn12. The summed E-state index contributed by atoms with van der Waals surface area (Å²) in [4.78, 5) is 18.1. The van der Waals surface area contributed by atoms with Gasteiger partial charge in [-0.3, -0.25) is 4.79 Å². The number of hydrogen-bond acceptors (Lipinski definition) is 6. The van der Waals surface area contributed by atoms with Gasteiger partial charge in [-0.1, -0.05) is 53.3 Å². The molecule has 33 heavy (non-hydrogen) atoms. The van der Waals surface area contributed by atoms with Crippen LogP contribution >= 0.6 is 22.9 Å². The Hall–Kier alpha value is -4.01. The van der Waals surface area contributed by atoms with E-state index in [0.29, 0.717) is 31.8 Å². The van der Waals surface area contributed by atoms with Gasteiger partial charge in [0.25, 0.3) is 5.56 Å². The molecule has 0 unspecified atom stereocenters. The summed E-state index contributed by atoms with van der Waals surface area (Å²) in [6, 6.07) is 20.6. The van der Waals surface area contributed by atoms with Gasteiger partial charge >= 0.3 is 0 Å². The Labute approximate surface area is 195 Å². The molecule has 0 fully saturated rings. The Kier molecular flexibility index (Phi) is 4.67. The summed E-state index contributed by atoms with van der Waals surface area (Å²) in [5.74, 6) is 1.08. The Morgan fingerprint density at radius 3 is 2.64 bits per heavy atom. The number of furan rings is 1. The second-order valence-electron chi connectivity index (χ2n) is 7.25. The first-order valence-electron chi connectivity index (χ1n) is 10.0. The van der Waals surface area contributed by atoms with Crippen molar-refractivity contribution in [3.63, 3.8) is 0 Å². The third-order valence-electron chi connectivity index (χ3n) is 5.07. The summed E-state index contributed by atoms with van der Waals surface area (Å²) < 4.78 is 9.17. The van der Waals surface area contributed by atoms with Gasteiger partial charge in [-0.15, -0.1) is 5.10 Å². The zero-order valence-electron chi connectivity index (χ0n) is 16.9.